The summed E-state index contributed by atoms with van der Waals surface area (Å²) >= 11 is 1.35. The van der Waals surface area contributed by atoms with Crippen LogP contribution in [0.15, 0.2) is 35.2 Å². The fraction of sp³-hybridized carbons (Fsp3) is 0.556. The molecule has 27 heavy (non-hydrogen) atoms. The van der Waals surface area contributed by atoms with Gasteiger partial charge in [-0.1, -0.05) is 37.5 Å². The third-order valence-electron chi connectivity index (χ3n) is 4.78. The molecule has 1 aromatic rings. The number of ether oxygens (including phenoxy) is 1. The molecule has 1 aliphatic carbocycles. The van der Waals surface area contributed by atoms with Crippen LogP contribution in [0.3, 0.4) is 0 Å². The quantitative estimate of drug-likeness (QED) is 0.716. The van der Waals surface area contributed by atoms with E-state index in [4.69, 9.17) is 4.74 Å². The number of nitrogens with zero attached hydrogens (tertiary/aromatic N) is 1. The third kappa shape index (κ3) is 5.03. The van der Waals surface area contributed by atoms with E-state index < -0.39 is 22.0 Å². The minimum atomic E-state index is -3.78. The molecule has 9 heteroatoms. The number of esters is 1. The molecule has 1 N–H and O–H groups in total. The number of nitrogens with one attached hydrogen (secondary N) is 1. The average molecular weight is 413 g/mol. The van der Waals surface area contributed by atoms with E-state index in [-0.39, 0.29) is 29.3 Å². The normalized spacial score (nSPS) is 21.7. The molecule has 1 aliphatic heterocycles. The van der Waals surface area contributed by atoms with Gasteiger partial charge in [0.2, 0.25) is 10.0 Å². The van der Waals surface area contributed by atoms with Crippen LogP contribution in [0.2, 0.25) is 0 Å². The van der Waals surface area contributed by atoms with Gasteiger partial charge in [-0.3, -0.25) is 9.59 Å². The summed E-state index contributed by atoms with van der Waals surface area (Å²) in [6.07, 6.45) is 5.27. The van der Waals surface area contributed by atoms with Crippen molar-refractivity contribution < 1.29 is 22.7 Å². The second-order valence-electron chi connectivity index (χ2n) is 6.73. The average Bonchev–Trinajstić information content (AvgIpc) is 3.18. The SMILES string of the molecule is O=C(COC(=O)[C@H]1CSCN1S(=O)(=O)c1ccccc1)NC1CCCCC1. The maximum Gasteiger partial charge on any atom is 0.325 e. The number of thioether (sulfide) groups is 1. The van der Waals surface area contributed by atoms with Crippen molar-refractivity contribution >= 4 is 33.7 Å². The summed E-state index contributed by atoms with van der Waals surface area (Å²) in [6, 6.07) is 7.23. The van der Waals surface area contributed by atoms with Gasteiger partial charge < -0.3 is 10.1 Å². The van der Waals surface area contributed by atoms with Crippen LogP contribution in [0, 0.1) is 0 Å². The van der Waals surface area contributed by atoms with E-state index >= 15 is 0 Å². The molecule has 0 spiro atoms. The third-order valence-corrected chi connectivity index (χ3v) is 7.82. The molecule has 2 aliphatic rings. The van der Waals surface area contributed by atoms with Crippen LogP contribution in [0.25, 0.3) is 0 Å². The first-order valence-electron chi connectivity index (χ1n) is 9.09. The van der Waals surface area contributed by atoms with E-state index in [1.165, 1.54) is 30.3 Å². The van der Waals surface area contributed by atoms with Crippen molar-refractivity contribution in [1.82, 2.24) is 9.62 Å². The molecule has 0 bridgehead atoms. The van der Waals surface area contributed by atoms with Gasteiger partial charge in [0.15, 0.2) is 6.61 Å². The maximum atomic E-state index is 12.8. The van der Waals surface area contributed by atoms with Crippen LogP contribution >= 0.6 is 11.8 Å². The molecule has 2 fully saturated rings. The molecule has 0 unspecified atom stereocenters. The molecule has 7 nitrogen and oxygen atoms in total. The van der Waals surface area contributed by atoms with E-state index in [2.05, 4.69) is 5.32 Å². The number of sulfonamides is 1. The molecule has 1 atom stereocenters. The van der Waals surface area contributed by atoms with Crippen molar-refractivity contribution in [3.05, 3.63) is 30.3 Å². The number of amides is 1. The lowest BCUT2D eigenvalue weighted by Gasteiger charge is -2.23. The van der Waals surface area contributed by atoms with Crippen LogP contribution in [0.4, 0.5) is 0 Å². The molecular formula is C18H24N2O5S2. The smallest absolute Gasteiger partial charge is 0.325 e. The van der Waals surface area contributed by atoms with Crippen molar-refractivity contribution in [1.29, 1.82) is 0 Å². The van der Waals surface area contributed by atoms with E-state index in [9.17, 15) is 18.0 Å². The summed E-state index contributed by atoms with van der Waals surface area (Å²) in [5.41, 5.74) is 0. The van der Waals surface area contributed by atoms with E-state index in [1.54, 1.807) is 18.2 Å². The Labute approximate surface area is 163 Å². The summed E-state index contributed by atoms with van der Waals surface area (Å²) in [4.78, 5) is 24.6. The van der Waals surface area contributed by atoms with Gasteiger partial charge in [-0.2, -0.15) is 4.31 Å². The summed E-state index contributed by atoms with van der Waals surface area (Å²) in [7, 11) is -3.78. The first-order valence-corrected chi connectivity index (χ1v) is 11.7. The number of carbonyl (C=O) groups excluding carboxylic acids is 2. The monoisotopic (exact) mass is 412 g/mol. The molecule has 1 aromatic carbocycles. The van der Waals surface area contributed by atoms with Crippen molar-refractivity contribution in [3.8, 4) is 0 Å². The Hall–Kier alpha value is -1.58. The Kier molecular flexibility index (Phi) is 6.78. The summed E-state index contributed by atoms with van der Waals surface area (Å²) in [5.74, 6) is -0.517. The second kappa shape index (κ2) is 9.07. The summed E-state index contributed by atoms with van der Waals surface area (Å²) in [6.45, 7) is -0.379. The minimum Gasteiger partial charge on any atom is -0.454 e. The number of benzene rings is 1. The van der Waals surface area contributed by atoms with Crippen LogP contribution in [0.5, 0.6) is 0 Å². The van der Waals surface area contributed by atoms with Crippen LogP contribution in [0.1, 0.15) is 32.1 Å². The Bertz CT molecular complexity index is 763. The van der Waals surface area contributed by atoms with Crippen LogP contribution < -0.4 is 5.32 Å². The molecule has 0 radical (unpaired) electrons. The molecule has 1 heterocycles. The van der Waals surface area contributed by atoms with E-state index in [1.807, 2.05) is 0 Å². The van der Waals surface area contributed by atoms with Gasteiger partial charge >= 0.3 is 5.97 Å². The first kappa shape index (κ1) is 20.2. The van der Waals surface area contributed by atoms with Gasteiger partial charge in [0.05, 0.1) is 10.8 Å². The molecule has 1 saturated heterocycles. The van der Waals surface area contributed by atoms with Gasteiger partial charge in [0.25, 0.3) is 5.91 Å². The predicted octanol–water partition coefficient (Wildman–Crippen LogP) is 1.74. The number of hydrogen-bond donors (Lipinski definition) is 1. The van der Waals surface area contributed by atoms with Crippen LogP contribution in [-0.2, 0) is 24.3 Å². The molecule has 1 amide bonds. The Morgan fingerprint density at radius 1 is 1.15 bits per heavy atom. The van der Waals surface area contributed by atoms with E-state index in [0.717, 1.165) is 30.0 Å². The number of carbonyl (C=O) groups is 2. The Morgan fingerprint density at radius 2 is 1.85 bits per heavy atom. The Morgan fingerprint density at radius 3 is 2.56 bits per heavy atom. The zero-order valence-corrected chi connectivity index (χ0v) is 16.6. The van der Waals surface area contributed by atoms with Crippen LogP contribution in [-0.4, -0.2) is 54.9 Å². The highest BCUT2D eigenvalue weighted by molar-refractivity contribution is 8.00. The fourth-order valence-electron chi connectivity index (χ4n) is 3.33. The summed E-state index contributed by atoms with van der Waals surface area (Å²) < 4.78 is 31.8. The largest absolute Gasteiger partial charge is 0.454 e. The van der Waals surface area contributed by atoms with Gasteiger partial charge in [0.1, 0.15) is 6.04 Å². The molecule has 3 rings (SSSR count). The zero-order valence-electron chi connectivity index (χ0n) is 15.0. The van der Waals surface area contributed by atoms with Crippen molar-refractivity contribution in [2.75, 3.05) is 18.2 Å². The lowest BCUT2D eigenvalue weighted by molar-refractivity contribution is -0.151. The molecular weight excluding hydrogens is 388 g/mol. The number of rotatable bonds is 6. The minimum absolute atomic E-state index is 0.139. The molecule has 148 valence electrons. The summed E-state index contributed by atoms with van der Waals surface area (Å²) in [5, 5.41) is 2.88. The highest BCUT2D eigenvalue weighted by Crippen LogP contribution is 2.28. The standard InChI is InChI=1S/C18H24N2O5S2/c21-17(19-14-7-3-1-4-8-14)11-25-18(22)16-12-26-13-20(16)27(23,24)15-9-5-2-6-10-15/h2,5-6,9-10,14,16H,1,3-4,7-8,11-13H2,(H,19,21)/t16-/m1/s1. The van der Waals surface area contributed by atoms with Crippen molar-refractivity contribution in [3.63, 3.8) is 0 Å². The first-order chi connectivity index (χ1) is 13.0. The zero-order chi connectivity index (χ0) is 19.3. The lowest BCUT2D eigenvalue weighted by atomic mass is 9.95. The topological polar surface area (TPSA) is 92.8 Å². The lowest BCUT2D eigenvalue weighted by Crippen LogP contribution is -2.44. The molecule has 1 saturated carbocycles. The Balaban J connectivity index is 1.56. The van der Waals surface area contributed by atoms with Crippen molar-refractivity contribution in [2.24, 2.45) is 0 Å². The van der Waals surface area contributed by atoms with Gasteiger partial charge in [0, 0.05) is 11.8 Å². The number of hydrogen-bond acceptors (Lipinski definition) is 6. The van der Waals surface area contributed by atoms with E-state index in [0.29, 0.717) is 5.75 Å². The predicted molar refractivity (Wildman–Crippen MR) is 103 cm³/mol. The second-order valence-corrected chi connectivity index (χ2v) is 9.62. The maximum absolute atomic E-state index is 12.8. The fourth-order valence-corrected chi connectivity index (χ4v) is 6.47. The van der Waals surface area contributed by atoms with Gasteiger partial charge in [-0.15, -0.1) is 11.8 Å². The van der Waals surface area contributed by atoms with Gasteiger partial charge in [-0.25, -0.2) is 8.42 Å². The highest BCUT2D eigenvalue weighted by Gasteiger charge is 2.41. The van der Waals surface area contributed by atoms with Gasteiger partial charge in [-0.05, 0) is 25.0 Å². The highest BCUT2D eigenvalue weighted by atomic mass is 32.2. The van der Waals surface area contributed by atoms with Crippen molar-refractivity contribution in [2.45, 2.75) is 49.1 Å². The molecule has 0 aromatic heterocycles.